The van der Waals surface area contributed by atoms with E-state index in [0.717, 1.165) is 26.9 Å². The molecule has 0 bridgehead atoms. The molecule has 0 atom stereocenters. The first-order valence-electron chi connectivity index (χ1n) is 7.09. The number of nitrogens with one attached hydrogen (secondary N) is 1. The van der Waals surface area contributed by atoms with Gasteiger partial charge in [-0.2, -0.15) is 0 Å². The van der Waals surface area contributed by atoms with E-state index in [1.54, 1.807) is 6.20 Å². The summed E-state index contributed by atoms with van der Waals surface area (Å²) in [6, 6.07) is 17.6. The number of thiol groups is 1. The highest BCUT2D eigenvalue weighted by molar-refractivity contribution is 7.80. The number of para-hydroxylation sites is 1. The molecular formula is C18H16N2OS. The summed E-state index contributed by atoms with van der Waals surface area (Å²) in [6.45, 7) is 0.478. The number of hydrogen-bond donors (Lipinski definition) is 2. The lowest BCUT2D eigenvalue weighted by atomic mass is 10.1. The molecular weight excluding hydrogens is 292 g/mol. The van der Waals surface area contributed by atoms with E-state index in [9.17, 15) is 4.79 Å². The van der Waals surface area contributed by atoms with Crippen LogP contribution < -0.4 is 5.32 Å². The monoisotopic (exact) mass is 308 g/mol. The molecule has 0 aliphatic carbocycles. The molecule has 1 amide bonds. The predicted molar refractivity (Wildman–Crippen MR) is 91.0 cm³/mol. The number of aromatic nitrogens is 1. The molecule has 2 aromatic carbocycles. The molecule has 3 nitrogen and oxygen atoms in total. The molecule has 0 aliphatic rings. The van der Waals surface area contributed by atoms with Crippen molar-refractivity contribution in [2.24, 2.45) is 0 Å². The SMILES string of the molecule is O=C(Cc1ccccc1)NCc1cnc2c(S)cccc2c1. The van der Waals surface area contributed by atoms with Crippen LogP contribution in [-0.2, 0) is 17.8 Å². The lowest BCUT2D eigenvalue weighted by molar-refractivity contribution is -0.120. The number of benzene rings is 2. The zero-order chi connectivity index (χ0) is 15.4. The summed E-state index contributed by atoms with van der Waals surface area (Å²) in [5, 5.41) is 3.96. The number of carbonyl (C=O) groups excluding carboxylic acids is 1. The van der Waals surface area contributed by atoms with Crippen LogP contribution in [0.3, 0.4) is 0 Å². The van der Waals surface area contributed by atoms with E-state index in [1.165, 1.54) is 0 Å². The van der Waals surface area contributed by atoms with Gasteiger partial charge in [-0.1, -0.05) is 42.5 Å². The van der Waals surface area contributed by atoms with Crippen molar-refractivity contribution in [2.45, 2.75) is 17.9 Å². The Kier molecular flexibility index (Phi) is 4.39. The van der Waals surface area contributed by atoms with Gasteiger partial charge in [-0.25, -0.2) is 0 Å². The molecule has 0 saturated carbocycles. The van der Waals surface area contributed by atoms with Crippen LogP contribution >= 0.6 is 12.6 Å². The van der Waals surface area contributed by atoms with E-state index >= 15 is 0 Å². The van der Waals surface area contributed by atoms with Gasteiger partial charge in [-0.15, -0.1) is 12.6 Å². The van der Waals surface area contributed by atoms with Gasteiger partial charge in [0.1, 0.15) is 0 Å². The predicted octanol–water partition coefficient (Wildman–Crippen LogP) is 3.38. The second-order valence-electron chi connectivity index (χ2n) is 5.13. The maximum absolute atomic E-state index is 12.0. The smallest absolute Gasteiger partial charge is 0.224 e. The summed E-state index contributed by atoms with van der Waals surface area (Å²) in [5.41, 5.74) is 2.87. The Morgan fingerprint density at radius 3 is 2.68 bits per heavy atom. The first kappa shape index (κ1) is 14.6. The van der Waals surface area contributed by atoms with Crippen LogP contribution in [0.2, 0.25) is 0 Å². The van der Waals surface area contributed by atoms with Crippen molar-refractivity contribution in [2.75, 3.05) is 0 Å². The number of carbonyl (C=O) groups is 1. The van der Waals surface area contributed by atoms with E-state index in [0.29, 0.717) is 13.0 Å². The first-order chi connectivity index (χ1) is 10.7. The van der Waals surface area contributed by atoms with Crippen molar-refractivity contribution in [3.63, 3.8) is 0 Å². The Morgan fingerprint density at radius 1 is 1.05 bits per heavy atom. The Bertz CT molecular complexity index is 803. The normalized spacial score (nSPS) is 10.6. The third-order valence-electron chi connectivity index (χ3n) is 3.44. The quantitative estimate of drug-likeness (QED) is 0.726. The second-order valence-corrected chi connectivity index (χ2v) is 5.61. The van der Waals surface area contributed by atoms with Crippen LogP contribution in [0.4, 0.5) is 0 Å². The minimum atomic E-state index is 0.00856. The van der Waals surface area contributed by atoms with Crippen LogP contribution in [0.15, 0.2) is 65.7 Å². The van der Waals surface area contributed by atoms with Gasteiger partial charge in [0.25, 0.3) is 0 Å². The van der Waals surface area contributed by atoms with E-state index < -0.39 is 0 Å². The molecule has 3 aromatic rings. The lowest BCUT2D eigenvalue weighted by Gasteiger charge is -2.07. The molecule has 0 radical (unpaired) electrons. The maximum atomic E-state index is 12.0. The number of amides is 1. The number of hydrogen-bond acceptors (Lipinski definition) is 3. The van der Waals surface area contributed by atoms with E-state index in [-0.39, 0.29) is 5.91 Å². The van der Waals surface area contributed by atoms with Crippen LogP contribution in [0, 0.1) is 0 Å². The molecule has 0 saturated heterocycles. The number of nitrogens with zero attached hydrogens (tertiary/aromatic N) is 1. The highest BCUT2D eigenvalue weighted by Crippen LogP contribution is 2.20. The fourth-order valence-electron chi connectivity index (χ4n) is 2.33. The van der Waals surface area contributed by atoms with Crippen LogP contribution in [-0.4, -0.2) is 10.9 Å². The van der Waals surface area contributed by atoms with Gasteiger partial charge in [-0.05, 0) is 23.3 Å². The molecule has 0 aliphatic heterocycles. The van der Waals surface area contributed by atoms with Crippen LogP contribution in [0.5, 0.6) is 0 Å². The first-order valence-corrected chi connectivity index (χ1v) is 7.54. The summed E-state index contributed by atoms with van der Waals surface area (Å²) < 4.78 is 0. The Labute approximate surface area is 134 Å². The van der Waals surface area contributed by atoms with Gasteiger partial charge >= 0.3 is 0 Å². The van der Waals surface area contributed by atoms with Crippen molar-refractivity contribution in [3.8, 4) is 0 Å². The fourth-order valence-corrected chi connectivity index (χ4v) is 2.60. The van der Waals surface area contributed by atoms with Crippen molar-refractivity contribution >= 4 is 29.4 Å². The van der Waals surface area contributed by atoms with Crippen molar-refractivity contribution in [1.82, 2.24) is 10.3 Å². The molecule has 0 unspecified atom stereocenters. The number of fused-ring (bicyclic) bond motifs is 1. The molecule has 0 fully saturated rings. The molecule has 22 heavy (non-hydrogen) atoms. The molecule has 4 heteroatoms. The third-order valence-corrected chi connectivity index (χ3v) is 3.80. The molecule has 1 aromatic heterocycles. The summed E-state index contributed by atoms with van der Waals surface area (Å²) in [7, 11) is 0. The molecule has 110 valence electrons. The minimum absolute atomic E-state index is 0.00856. The van der Waals surface area contributed by atoms with Gasteiger partial charge in [0, 0.05) is 23.0 Å². The van der Waals surface area contributed by atoms with Crippen molar-refractivity contribution in [3.05, 3.63) is 71.9 Å². The fraction of sp³-hybridized carbons (Fsp3) is 0.111. The van der Waals surface area contributed by atoms with E-state index in [2.05, 4.69) is 22.9 Å². The van der Waals surface area contributed by atoms with Gasteiger partial charge in [0.2, 0.25) is 5.91 Å². The standard InChI is InChI=1S/C18H16N2OS/c21-17(10-13-5-2-1-3-6-13)19-11-14-9-15-7-4-8-16(22)18(15)20-12-14/h1-9,12,22H,10-11H2,(H,19,21). The molecule has 1 heterocycles. The second kappa shape index (κ2) is 6.62. The van der Waals surface area contributed by atoms with Gasteiger partial charge in [-0.3, -0.25) is 9.78 Å². The third kappa shape index (κ3) is 3.46. The highest BCUT2D eigenvalue weighted by Gasteiger charge is 2.05. The maximum Gasteiger partial charge on any atom is 0.224 e. The zero-order valence-corrected chi connectivity index (χ0v) is 12.9. The van der Waals surface area contributed by atoms with E-state index in [1.807, 2.05) is 54.6 Å². The average Bonchev–Trinajstić information content (AvgIpc) is 2.54. The molecule has 3 rings (SSSR count). The Balaban J connectivity index is 1.65. The summed E-state index contributed by atoms with van der Waals surface area (Å²) in [4.78, 5) is 17.2. The van der Waals surface area contributed by atoms with E-state index in [4.69, 9.17) is 0 Å². The Morgan fingerprint density at radius 2 is 1.86 bits per heavy atom. The van der Waals surface area contributed by atoms with Gasteiger partial charge in [0.15, 0.2) is 0 Å². The van der Waals surface area contributed by atoms with Crippen LogP contribution in [0.1, 0.15) is 11.1 Å². The average molecular weight is 308 g/mol. The highest BCUT2D eigenvalue weighted by atomic mass is 32.1. The minimum Gasteiger partial charge on any atom is -0.352 e. The summed E-state index contributed by atoms with van der Waals surface area (Å²) in [5.74, 6) is 0.00856. The van der Waals surface area contributed by atoms with Gasteiger partial charge in [0.05, 0.1) is 11.9 Å². The zero-order valence-electron chi connectivity index (χ0n) is 12.0. The van der Waals surface area contributed by atoms with Crippen molar-refractivity contribution in [1.29, 1.82) is 0 Å². The largest absolute Gasteiger partial charge is 0.352 e. The van der Waals surface area contributed by atoms with Crippen molar-refractivity contribution < 1.29 is 4.79 Å². The molecule has 1 N–H and O–H groups in total. The summed E-state index contributed by atoms with van der Waals surface area (Å²) >= 11 is 4.39. The Hall–Kier alpha value is -2.33. The summed E-state index contributed by atoms with van der Waals surface area (Å²) in [6.07, 6.45) is 2.17. The lowest BCUT2D eigenvalue weighted by Crippen LogP contribution is -2.24. The topological polar surface area (TPSA) is 42.0 Å². The van der Waals surface area contributed by atoms with Gasteiger partial charge < -0.3 is 5.32 Å². The van der Waals surface area contributed by atoms with Crippen LogP contribution in [0.25, 0.3) is 10.9 Å². The number of rotatable bonds is 4. The number of pyridine rings is 1. The molecule has 0 spiro atoms.